The van der Waals surface area contributed by atoms with Gasteiger partial charge in [-0.3, -0.25) is 4.79 Å². The number of hydrogen-bond donors (Lipinski definition) is 0. The molecule has 0 radical (unpaired) electrons. The van der Waals surface area contributed by atoms with E-state index in [1.807, 2.05) is 50.8 Å². The van der Waals surface area contributed by atoms with Crippen molar-refractivity contribution in [2.45, 2.75) is 37.8 Å². The van der Waals surface area contributed by atoms with Crippen LogP contribution in [0.5, 0.6) is 0 Å². The number of anilines is 1. The Hall–Kier alpha value is -5.63. The Morgan fingerprint density at radius 2 is 1.46 bits per heavy atom. The largest absolute Gasteiger partial charge is 0.461 e. The van der Waals surface area contributed by atoms with Crippen LogP contribution in [-0.4, -0.2) is 66.2 Å². The van der Waals surface area contributed by atoms with E-state index in [9.17, 15) is 14.4 Å². The van der Waals surface area contributed by atoms with Gasteiger partial charge in [0.05, 0.1) is 19.6 Å². The number of fused-ring (bicyclic) bond motifs is 3. The van der Waals surface area contributed by atoms with Gasteiger partial charge < -0.3 is 23.0 Å². The maximum absolute atomic E-state index is 11.8. The van der Waals surface area contributed by atoms with Crippen molar-refractivity contribution in [1.82, 2.24) is 53.4 Å². The molecule has 0 saturated carbocycles. The van der Waals surface area contributed by atoms with Gasteiger partial charge in [-0.2, -0.15) is 19.2 Å². The molecule has 0 spiro atoms. The van der Waals surface area contributed by atoms with Crippen LogP contribution in [0.2, 0.25) is 10.3 Å². The summed E-state index contributed by atoms with van der Waals surface area (Å²) in [5.41, 5.74) is 2.82. The molecule has 56 heavy (non-hydrogen) atoms. The monoisotopic (exact) mass is 878 g/mol. The molecule has 0 saturated heterocycles. The van der Waals surface area contributed by atoms with Crippen molar-refractivity contribution in [2.75, 3.05) is 17.7 Å². The van der Waals surface area contributed by atoms with Crippen molar-refractivity contribution in [3.63, 3.8) is 0 Å². The molecule has 3 aliphatic heterocycles. The molecule has 0 atom stereocenters. The summed E-state index contributed by atoms with van der Waals surface area (Å²) in [4.78, 5) is 60.3. The number of halogens is 3. The van der Waals surface area contributed by atoms with Gasteiger partial charge in [-0.1, -0.05) is 53.2 Å². The van der Waals surface area contributed by atoms with Crippen LogP contribution >= 0.6 is 50.9 Å². The Morgan fingerprint density at radius 3 is 2.14 bits per heavy atom. The van der Waals surface area contributed by atoms with E-state index in [4.69, 9.17) is 32.1 Å². The van der Waals surface area contributed by atoms with Gasteiger partial charge in [-0.25, -0.2) is 24.5 Å². The van der Waals surface area contributed by atoms with Crippen LogP contribution in [0.4, 0.5) is 5.95 Å². The highest BCUT2D eigenvalue weighted by molar-refractivity contribution is 9.10. The van der Waals surface area contributed by atoms with Gasteiger partial charge in [-0.05, 0) is 75.6 Å². The molecule has 0 bridgehead atoms. The van der Waals surface area contributed by atoms with Gasteiger partial charge in [0.25, 0.3) is 5.56 Å². The van der Waals surface area contributed by atoms with E-state index in [0.29, 0.717) is 65.0 Å². The summed E-state index contributed by atoms with van der Waals surface area (Å²) in [5.74, 6) is 0.984. The van der Waals surface area contributed by atoms with Crippen molar-refractivity contribution in [3.8, 4) is 11.6 Å². The van der Waals surface area contributed by atoms with Crippen LogP contribution in [0.15, 0.2) is 119 Å². The maximum Gasteiger partial charge on any atom is 0.461 e. The van der Waals surface area contributed by atoms with Crippen molar-refractivity contribution < 1.29 is 8.94 Å². The summed E-state index contributed by atoms with van der Waals surface area (Å²) in [6.07, 6.45) is 11.5. The molecule has 9 heterocycles. The number of aromatic nitrogens is 11. The molecule has 6 aromatic heterocycles. The SMILES string of the molecule is CSc1nc2n(Cc3ccc(Br)nc3)ccc(=O)n2n1.O=c1nc2n(Cc3ccc(Cl)nc3)cccc-2o1.O=c1nc2n(o1)CCCN2Cc1ccc(Cl)nc1. The highest BCUT2D eigenvalue weighted by Gasteiger charge is 2.21. The predicted molar refractivity (Wildman–Crippen MR) is 211 cm³/mol. The third-order valence-corrected chi connectivity index (χ3v) is 9.59. The van der Waals surface area contributed by atoms with E-state index < -0.39 is 11.5 Å². The van der Waals surface area contributed by atoms with E-state index in [1.54, 1.807) is 49.1 Å². The fraction of sp³-hybridized carbons (Fsp3) is 0.200. The van der Waals surface area contributed by atoms with Crippen LogP contribution in [0, 0.1) is 0 Å². The molecule has 9 rings (SSSR count). The average Bonchev–Trinajstić information content (AvgIpc) is 3.93. The normalized spacial score (nSPS) is 12.2. The second kappa shape index (κ2) is 17.4. The highest BCUT2D eigenvalue weighted by atomic mass is 79.9. The number of rotatable bonds is 7. The zero-order chi connectivity index (χ0) is 39.2. The predicted octanol–water partition coefficient (Wildman–Crippen LogP) is 5.15. The fourth-order valence-electron chi connectivity index (χ4n) is 5.61. The molecule has 21 heteroatoms. The summed E-state index contributed by atoms with van der Waals surface area (Å²) in [5, 5.41) is 5.66. The first-order valence-electron chi connectivity index (χ1n) is 16.7. The topological polar surface area (TPSA) is 190 Å². The highest BCUT2D eigenvalue weighted by Crippen LogP contribution is 2.20. The van der Waals surface area contributed by atoms with E-state index in [0.717, 1.165) is 34.3 Å². The summed E-state index contributed by atoms with van der Waals surface area (Å²) in [6.45, 7) is 3.30. The number of thioether (sulfide) groups is 1. The van der Waals surface area contributed by atoms with Crippen LogP contribution in [0.25, 0.3) is 17.4 Å². The first kappa shape index (κ1) is 38.6. The fourth-order valence-corrected chi connectivity index (χ4v) is 6.40. The summed E-state index contributed by atoms with van der Waals surface area (Å²) in [7, 11) is 0. The minimum Gasteiger partial charge on any atom is -0.405 e. The lowest BCUT2D eigenvalue weighted by Crippen LogP contribution is -2.31. The van der Waals surface area contributed by atoms with Crippen molar-refractivity contribution in [2.24, 2.45) is 0 Å². The Balaban J connectivity index is 0.000000129. The molecule has 0 N–H and O–H groups in total. The van der Waals surface area contributed by atoms with Gasteiger partial charge in [0.1, 0.15) is 14.9 Å². The zero-order valence-electron chi connectivity index (χ0n) is 29.3. The van der Waals surface area contributed by atoms with Gasteiger partial charge in [0.15, 0.2) is 11.6 Å². The van der Waals surface area contributed by atoms with Crippen LogP contribution in [0.1, 0.15) is 23.1 Å². The Morgan fingerprint density at radius 1 is 0.768 bits per heavy atom. The van der Waals surface area contributed by atoms with Gasteiger partial charge in [-0.15, -0.1) is 10.1 Å². The molecule has 3 aliphatic rings. The average molecular weight is 881 g/mol. The van der Waals surface area contributed by atoms with E-state index in [1.165, 1.54) is 27.1 Å². The lowest BCUT2D eigenvalue weighted by Gasteiger charge is -2.26. The molecular weight excluding hydrogens is 851 g/mol. The number of pyridine rings is 4. The molecule has 0 aromatic carbocycles. The first-order chi connectivity index (χ1) is 27.1. The standard InChI is InChI=1S/C12H10BrN5OS.C12H8ClN3O2.C11H11ClN4O2/c1-20-11-15-12-17(5-4-10(19)18(12)16-11)7-8-2-3-9(13)14-6-8;13-10-4-3-8(6-14-10)7-16-5-1-2-9-11(16)15-12(17)18-9;12-9-3-2-8(6-13-9)7-15-4-1-5-16-10(15)14-11(17)18-16/h2-6H,7H2,1H3;1-6H,7H2;2-3,6H,1,4-5,7H2. The van der Waals surface area contributed by atoms with Gasteiger partial charge in [0.2, 0.25) is 16.9 Å². The molecule has 0 fully saturated rings. The van der Waals surface area contributed by atoms with Crippen molar-refractivity contribution >= 4 is 62.6 Å². The van der Waals surface area contributed by atoms with E-state index in [2.05, 4.69) is 50.9 Å². The third kappa shape index (κ3) is 9.41. The number of hydrogen-bond acceptors (Lipinski definition) is 14. The van der Waals surface area contributed by atoms with Crippen molar-refractivity contribution in [1.29, 1.82) is 0 Å². The summed E-state index contributed by atoms with van der Waals surface area (Å²) >= 11 is 16.2. The third-order valence-electron chi connectivity index (χ3n) is 8.14. The zero-order valence-corrected chi connectivity index (χ0v) is 33.2. The molecule has 286 valence electrons. The van der Waals surface area contributed by atoms with Crippen LogP contribution in [-0.2, 0) is 26.2 Å². The lowest BCUT2D eigenvalue weighted by molar-refractivity contribution is 0.237. The smallest absolute Gasteiger partial charge is 0.405 e. The van der Waals surface area contributed by atoms with E-state index >= 15 is 0 Å². The Kier molecular flexibility index (Phi) is 12.0. The molecule has 17 nitrogen and oxygen atoms in total. The summed E-state index contributed by atoms with van der Waals surface area (Å²) in [6, 6.07) is 16.1. The Bertz CT molecular complexity index is 2710. The second-order valence-corrected chi connectivity index (χ2v) is 14.4. The second-order valence-electron chi connectivity index (χ2n) is 12.0. The maximum atomic E-state index is 11.8. The number of aryl methyl sites for hydroxylation is 1. The molecule has 0 unspecified atom stereocenters. The first-order valence-corrected chi connectivity index (χ1v) is 19.5. The van der Waals surface area contributed by atoms with Crippen LogP contribution < -0.4 is 22.0 Å². The minimum atomic E-state index is -0.584. The quantitative estimate of drug-likeness (QED) is 0.151. The number of nitrogens with zero attached hydrogens (tertiary/aromatic N) is 12. The minimum absolute atomic E-state index is 0.182. The van der Waals surface area contributed by atoms with E-state index in [-0.39, 0.29) is 5.56 Å². The number of oxazole rings is 1. The summed E-state index contributed by atoms with van der Waals surface area (Å²) < 4.78 is 17.2. The lowest BCUT2D eigenvalue weighted by atomic mass is 10.2. The van der Waals surface area contributed by atoms with Gasteiger partial charge in [0, 0.05) is 50.1 Å². The van der Waals surface area contributed by atoms with Gasteiger partial charge >= 0.3 is 11.5 Å². The molecular formula is C35H29BrCl2N12O5S. The Labute approximate surface area is 339 Å². The molecule has 0 aliphatic carbocycles. The molecule has 0 amide bonds. The molecule has 6 aromatic rings. The van der Waals surface area contributed by atoms with Crippen LogP contribution in [0.3, 0.4) is 0 Å². The van der Waals surface area contributed by atoms with Crippen molar-refractivity contribution in [3.05, 3.63) is 149 Å².